The SMILES string of the molecule is CC[C@H](C)OC(=O)CN1C(=O)S/C(=C/c2cc(C34CC5CC(CC(C5)C3)C4)ccc2OC)C1=O. The molecule has 4 aliphatic carbocycles. The molecular formula is C27H33NO5S. The molecule has 4 bridgehead atoms. The summed E-state index contributed by atoms with van der Waals surface area (Å²) >= 11 is 0.863. The van der Waals surface area contributed by atoms with Gasteiger partial charge in [-0.15, -0.1) is 0 Å². The second-order valence-electron chi connectivity index (χ2n) is 10.6. The first kappa shape index (κ1) is 23.5. The highest BCUT2D eigenvalue weighted by Gasteiger charge is 2.51. The van der Waals surface area contributed by atoms with E-state index in [9.17, 15) is 14.4 Å². The van der Waals surface area contributed by atoms with Crippen molar-refractivity contribution in [3.05, 3.63) is 34.2 Å². The number of amides is 2. The van der Waals surface area contributed by atoms with Crippen molar-refractivity contribution >= 4 is 35.0 Å². The Bertz CT molecular complexity index is 1010. The van der Waals surface area contributed by atoms with E-state index in [1.165, 1.54) is 44.1 Å². The summed E-state index contributed by atoms with van der Waals surface area (Å²) in [4.78, 5) is 38.9. The number of esters is 1. The highest BCUT2D eigenvalue weighted by atomic mass is 32.2. The van der Waals surface area contributed by atoms with Crippen LogP contribution in [0.25, 0.3) is 6.08 Å². The molecule has 4 saturated carbocycles. The molecule has 5 fully saturated rings. The molecule has 0 radical (unpaired) electrons. The third-order valence-electron chi connectivity index (χ3n) is 8.24. The van der Waals surface area contributed by atoms with Crippen molar-refractivity contribution < 1.29 is 23.9 Å². The molecule has 1 atom stereocenters. The third-order valence-corrected chi connectivity index (χ3v) is 9.14. The topological polar surface area (TPSA) is 72.9 Å². The van der Waals surface area contributed by atoms with Gasteiger partial charge in [0.2, 0.25) is 0 Å². The molecule has 6 nitrogen and oxygen atoms in total. The summed E-state index contributed by atoms with van der Waals surface area (Å²) in [6.45, 7) is 3.33. The van der Waals surface area contributed by atoms with Crippen LogP contribution in [0.5, 0.6) is 5.75 Å². The summed E-state index contributed by atoms with van der Waals surface area (Å²) in [5.41, 5.74) is 2.36. The number of nitrogens with zero attached hydrogens (tertiary/aromatic N) is 1. The van der Waals surface area contributed by atoms with Crippen molar-refractivity contribution in [2.75, 3.05) is 13.7 Å². The highest BCUT2D eigenvalue weighted by Crippen LogP contribution is 2.61. The van der Waals surface area contributed by atoms with Crippen molar-refractivity contribution in [3.8, 4) is 5.75 Å². The first-order chi connectivity index (χ1) is 16.3. The average Bonchev–Trinajstić information content (AvgIpc) is 3.05. The van der Waals surface area contributed by atoms with Gasteiger partial charge in [-0.3, -0.25) is 19.3 Å². The van der Waals surface area contributed by atoms with Gasteiger partial charge in [-0.05, 0) is 111 Å². The van der Waals surface area contributed by atoms with Crippen LogP contribution in [0.1, 0.15) is 69.9 Å². The number of rotatable bonds is 7. The van der Waals surface area contributed by atoms with Crippen LogP contribution >= 0.6 is 11.8 Å². The van der Waals surface area contributed by atoms with E-state index in [-0.39, 0.29) is 18.1 Å². The van der Waals surface area contributed by atoms with Crippen molar-refractivity contribution in [3.63, 3.8) is 0 Å². The Morgan fingerprint density at radius 3 is 2.41 bits per heavy atom. The van der Waals surface area contributed by atoms with Gasteiger partial charge in [0, 0.05) is 5.56 Å². The minimum absolute atomic E-state index is 0.225. The highest BCUT2D eigenvalue weighted by molar-refractivity contribution is 8.18. The first-order valence-corrected chi connectivity index (χ1v) is 13.2. The molecule has 7 heteroatoms. The zero-order valence-corrected chi connectivity index (χ0v) is 21.0. The van der Waals surface area contributed by atoms with Crippen LogP contribution in [0.2, 0.25) is 0 Å². The minimum atomic E-state index is -0.570. The summed E-state index contributed by atoms with van der Waals surface area (Å²) < 4.78 is 10.8. The maximum atomic E-state index is 13.0. The second-order valence-corrected chi connectivity index (χ2v) is 11.6. The van der Waals surface area contributed by atoms with Gasteiger partial charge < -0.3 is 9.47 Å². The number of thioether (sulfide) groups is 1. The molecule has 0 unspecified atom stereocenters. The van der Waals surface area contributed by atoms with Gasteiger partial charge in [-0.25, -0.2) is 0 Å². The molecule has 34 heavy (non-hydrogen) atoms. The molecule has 0 aromatic heterocycles. The zero-order valence-electron chi connectivity index (χ0n) is 20.2. The van der Waals surface area contributed by atoms with E-state index in [2.05, 4.69) is 12.1 Å². The summed E-state index contributed by atoms with van der Waals surface area (Å²) in [5, 5.41) is -0.450. The smallest absolute Gasteiger partial charge is 0.326 e. The predicted octanol–water partition coefficient (Wildman–Crippen LogP) is 5.54. The lowest BCUT2D eigenvalue weighted by molar-refractivity contribution is -0.150. The van der Waals surface area contributed by atoms with Crippen LogP contribution in [0.15, 0.2) is 23.1 Å². The number of benzene rings is 1. The van der Waals surface area contributed by atoms with Gasteiger partial charge in [0.1, 0.15) is 12.3 Å². The minimum Gasteiger partial charge on any atom is -0.496 e. The van der Waals surface area contributed by atoms with Gasteiger partial charge in [0.25, 0.3) is 11.1 Å². The average molecular weight is 484 g/mol. The van der Waals surface area contributed by atoms with E-state index in [0.717, 1.165) is 40.0 Å². The molecular weight excluding hydrogens is 450 g/mol. The number of carbonyl (C=O) groups excluding carboxylic acids is 3. The molecule has 1 aromatic rings. The number of ether oxygens (including phenoxy) is 2. The Balaban J connectivity index is 1.40. The Kier molecular flexibility index (Phi) is 6.25. The Hall–Kier alpha value is -2.28. The fraction of sp³-hybridized carbons (Fsp3) is 0.593. The van der Waals surface area contributed by atoms with Crippen LogP contribution in [0.4, 0.5) is 4.79 Å². The fourth-order valence-corrected chi connectivity index (χ4v) is 7.72. The lowest BCUT2D eigenvalue weighted by Gasteiger charge is -2.57. The summed E-state index contributed by atoms with van der Waals surface area (Å²) in [5.74, 6) is 2.16. The molecule has 1 aromatic carbocycles. The monoisotopic (exact) mass is 483 g/mol. The van der Waals surface area contributed by atoms with Crippen molar-refractivity contribution in [2.24, 2.45) is 17.8 Å². The molecule has 0 N–H and O–H groups in total. The number of methoxy groups -OCH3 is 1. The van der Waals surface area contributed by atoms with Crippen LogP contribution in [-0.4, -0.2) is 41.8 Å². The van der Waals surface area contributed by atoms with E-state index in [1.54, 1.807) is 20.1 Å². The van der Waals surface area contributed by atoms with E-state index in [1.807, 2.05) is 13.0 Å². The van der Waals surface area contributed by atoms with Gasteiger partial charge in [-0.1, -0.05) is 13.0 Å². The molecule has 6 rings (SSSR count). The summed E-state index contributed by atoms with van der Waals surface area (Å²) in [7, 11) is 1.62. The van der Waals surface area contributed by atoms with E-state index in [0.29, 0.717) is 17.1 Å². The molecule has 2 amide bonds. The lowest BCUT2D eigenvalue weighted by atomic mass is 9.48. The van der Waals surface area contributed by atoms with Crippen LogP contribution in [0, 0.1) is 17.8 Å². The second kappa shape index (κ2) is 9.06. The van der Waals surface area contributed by atoms with E-state index < -0.39 is 17.1 Å². The van der Waals surface area contributed by atoms with Crippen LogP contribution in [-0.2, 0) is 19.7 Å². The standard InChI is InChI=1S/C27H33NO5S/c1-4-16(2)33-24(29)15-28-25(30)23(34-26(28)31)11-20-10-21(5-6-22(20)32-3)27-12-17-7-18(13-27)9-19(8-17)14-27/h5-6,10-11,16-19H,4,7-9,12-15H2,1-3H3/b23-11+/t16-,17?,18?,19?,27?/m0/s1. The Morgan fingerprint density at radius 2 is 1.82 bits per heavy atom. The number of hydrogen-bond acceptors (Lipinski definition) is 6. The summed E-state index contributed by atoms with van der Waals surface area (Å²) in [6, 6.07) is 6.35. The zero-order chi connectivity index (χ0) is 24.0. The van der Waals surface area contributed by atoms with Crippen LogP contribution < -0.4 is 4.74 Å². The van der Waals surface area contributed by atoms with Crippen molar-refractivity contribution in [1.29, 1.82) is 0 Å². The molecule has 1 aliphatic heterocycles. The van der Waals surface area contributed by atoms with Crippen molar-refractivity contribution in [1.82, 2.24) is 4.90 Å². The Labute approximate surface area is 205 Å². The van der Waals surface area contributed by atoms with Gasteiger partial charge in [0.05, 0.1) is 18.1 Å². The summed E-state index contributed by atoms with van der Waals surface area (Å²) in [6.07, 6.45) is 10.1. The Morgan fingerprint density at radius 1 is 1.18 bits per heavy atom. The molecule has 1 saturated heterocycles. The number of hydrogen-bond donors (Lipinski definition) is 0. The normalized spacial score (nSPS) is 31.9. The third kappa shape index (κ3) is 4.28. The molecule has 1 heterocycles. The maximum absolute atomic E-state index is 13.0. The van der Waals surface area contributed by atoms with E-state index in [4.69, 9.17) is 9.47 Å². The quantitative estimate of drug-likeness (QED) is 0.374. The fourth-order valence-electron chi connectivity index (χ4n) is 6.89. The largest absolute Gasteiger partial charge is 0.496 e. The van der Waals surface area contributed by atoms with Gasteiger partial charge >= 0.3 is 5.97 Å². The molecule has 182 valence electrons. The first-order valence-electron chi connectivity index (χ1n) is 12.4. The molecule has 5 aliphatic rings. The predicted molar refractivity (Wildman–Crippen MR) is 131 cm³/mol. The lowest BCUT2D eigenvalue weighted by Crippen LogP contribution is -2.48. The number of carbonyl (C=O) groups is 3. The van der Waals surface area contributed by atoms with Gasteiger partial charge in [-0.2, -0.15) is 0 Å². The maximum Gasteiger partial charge on any atom is 0.326 e. The van der Waals surface area contributed by atoms with E-state index >= 15 is 0 Å². The number of imide groups is 1. The van der Waals surface area contributed by atoms with Gasteiger partial charge in [0.15, 0.2) is 0 Å². The molecule has 0 spiro atoms. The van der Waals surface area contributed by atoms with Crippen LogP contribution in [0.3, 0.4) is 0 Å². The van der Waals surface area contributed by atoms with Crippen molar-refractivity contribution in [2.45, 2.75) is 70.3 Å².